The van der Waals surface area contributed by atoms with Crippen molar-refractivity contribution in [3.05, 3.63) is 23.9 Å². The standard InChI is InChI=1S/C12H19N3O/c1-10-8-15(7-6-13-10)9-11-4-3-5-12(14-11)16-2/h3-5,10,13H,6-9H2,1-2H3/t10-/m1/s1. The van der Waals surface area contributed by atoms with Crippen molar-refractivity contribution < 1.29 is 4.74 Å². The molecule has 0 radical (unpaired) electrons. The Balaban J connectivity index is 1.97. The number of methoxy groups -OCH3 is 1. The summed E-state index contributed by atoms with van der Waals surface area (Å²) in [4.78, 5) is 6.85. The molecular formula is C12H19N3O. The van der Waals surface area contributed by atoms with Crippen molar-refractivity contribution in [2.45, 2.75) is 19.5 Å². The summed E-state index contributed by atoms with van der Waals surface area (Å²) >= 11 is 0. The van der Waals surface area contributed by atoms with Crippen LogP contribution in [-0.2, 0) is 6.54 Å². The molecule has 0 saturated carbocycles. The summed E-state index contributed by atoms with van der Waals surface area (Å²) in [5.41, 5.74) is 1.08. The molecule has 1 saturated heterocycles. The predicted molar refractivity (Wildman–Crippen MR) is 63.5 cm³/mol. The minimum atomic E-state index is 0.569. The lowest BCUT2D eigenvalue weighted by Gasteiger charge is -2.31. The third kappa shape index (κ3) is 2.93. The van der Waals surface area contributed by atoms with E-state index in [1.54, 1.807) is 7.11 Å². The second-order valence-corrected chi connectivity index (χ2v) is 4.26. The molecule has 0 aliphatic carbocycles. The van der Waals surface area contributed by atoms with Gasteiger partial charge in [0, 0.05) is 38.3 Å². The zero-order valence-electron chi connectivity index (χ0n) is 9.94. The Bertz CT molecular complexity index is 343. The summed E-state index contributed by atoms with van der Waals surface area (Å²) in [6.07, 6.45) is 0. The quantitative estimate of drug-likeness (QED) is 0.822. The van der Waals surface area contributed by atoms with Gasteiger partial charge in [0.05, 0.1) is 12.8 Å². The van der Waals surface area contributed by atoms with E-state index in [-0.39, 0.29) is 0 Å². The van der Waals surface area contributed by atoms with Gasteiger partial charge in [0.15, 0.2) is 0 Å². The van der Waals surface area contributed by atoms with Crippen molar-refractivity contribution in [1.29, 1.82) is 0 Å². The van der Waals surface area contributed by atoms with Gasteiger partial charge in [0.1, 0.15) is 0 Å². The maximum atomic E-state index is 5.12. The van der Waals surface area contributed by atoms with E-state index in [4.69, 9.17) is 4.74 Å². The number of piperazine rings is 1. The van der Waals surface area contributed by atoms with E-state index in [0.29, 0.717) is 11.9 Å². The normalized spacial score (nSPS) is 22.0. The summed E-state index contributed by atoms with van der Waals surface area (Å²) in [5, 5.41) is 3.43. The fourth-order valence-corrected chi connectivity index (χ4v) is 2.04. The van der Waals surface area contributed by atoms with Crippen molar-refractivity contribution in [3.63, 3.8) is 0 Å². The molecule has 0 amide bonds. The highest BCUT2D eigenvalue weighted by Crippen LogP contribution is 2.10. The minimum Gasteiger partial charge on any atom is -0.481 e. The first-order valence-electron chi connectivity index (χ1n) is 5.73. The molecule has 4 heteroatoms. The molecule has 1 aromatic heterocycles. The van der Waals surface area contributed by atoms with Crippen LogP contribution in [0.5, 0.6) is 5.88 Å². The van der Waals surface area contributed by atoms with Crippen LogP contribution in [0.1, 0.15) is 12.6 Å². The zero-order valence-corrected chi connectivity index (χ0v) is 9.94. The summed E-state index contributed by atoms with van der Waals surface area (Å²) in [7, 11) is 1.65. The molecule has 4 nitrogen and oxygen atoms in total. The Morgan fingerprint density at radius 1 is 1.56 bits per heavy atom. The predicted octanol–water partition coefficient (Wildman–Crippen LogP) is 0.884. The van der Waals surface area contributed by atoms with Crippen LogP contribution in [0.15, 0.2) is 18.2 Å². The fraction of sp³-hybridized carbons (Fsp3) is 0.583. The van der Waals surface area contributed by atoms with Gasteiger partial charge in [-0.25, -0.2) is 4.98 Å². The Morgan fingerprint density at radius 3 is 3.19 bits per heavy atom. The van der Waals surface area contributed by atoms with E-state index in [0.717, 1.165) is 31.9 Å². The monoisotopic (exact) mass is 221 g/mol. The Hall–Kier alpha value is -1.13. The van der Waals surface area contributed by atoms with E-state index in [9.17, 15) is 0 Å². The zero-order chi connectivity index (χ0) is 11.4. The number of rotatable bonds is 3. The first kappa shape index (κ1) is 11.4. The molecule has 0 bridgehead atoms. The Kier molecular flexibility index (Phi) is 3.74. The lowest BCUT2D eigenvalue weighted by molar-refractivity contribution is 0.197. The smallest absolute Gasteiger partial charge is 0.213 e. The molecule has 1 aromatic rings. The average Bonchev–Trinajstić information content (AvgIpc) is 2.29. The minimum absolute atomic E-state index is 0.569. The highest BCUT2D eigenvalue weighted by molar-refractivity contribution is 5.15. The topological polar surface area (TPSA) is 37.4 Å². The summed E-state index contributed by atoms with van der Waals surface area (Å²) < 4.78 is 5.12. The van der Waals surface area contributed by atoms with Gasteiger partial charge in [-0.05, 0) is 13.0 Å². The first-order valence-corrected chi connectivity index (χ1v) is 5.73. The van der Waals surface area contributed by atoms with E-state index in [2.05, 4.69) is 28.2 Å². The molecule has 1 aliphatic heterocycles. The van der Waals surface area contributed by atoms with E-state index in [1.165, 1.54) is 0 Å². The van der Waals surface area contributed by atoms with Gasteiger partial charge < -0.3 is 10.1 Å². The first-order chi connectivity index (χ1) is 7.78. The van der Waals surface area contributed by atoms with Crippen LogP contribution in [0.3, 0.4) is 0 Å². The maximum Gasteiger partial charge on any atom is 0.213 e. The molecule has 1 N–H and O–H groups in total. The van der Waals surface area contributed by atoms with Crippen LogP contribution >= 0.6 is 0 Å². The van der Waals surface area contributed by atoms with Gasteiger partial charge in [-0.15, -0.1) is 0 Å². The number of nitrogens with zero attached hydrogens (tertiary/aromatic N) is 2. The van der Waals surface area contributed by atoms with Crippen LogP contribution in [0.4, 0.5) is 0 Å². The lowest BCUT2D eigenvalue weighted by Crippen LogP contribution is -2.48. The summed E-state index contributed by atoms with van der Waals surface area (Å²) in [5.74, 6) is 0.695. The SMILES string of the molecule is COc1cccc(CN2CCN[C@H](C)C2)n1. The summed E-state index contributed by atoms with van der Waals surface area (Å²) in [6.45, 7) is 6.35. The van der Waals surface area contributed by atoms with Gasteiger partial charge in [0.2, 0.25) is 5.88 Å². The third-order valence-corrected chi connectivity index (χ3v) is 2.83. The molecule has 0 unspecified atom stereocenters. The van der Waals surface area contributed by atoms with Crippen molar-refractivity contribution in [2.24, 2.45) is 0 Å². The average molecular weight is 221 g/mol. The lowest BCUT2D eigenvalue weighted by atomic mass is 10.2. The number of ether oxygens (including phenoxy) is 1. The molecule has 16 heavy (non-hydrogen) atoms. The van der Waals surface area contributed by atoms with Gasteiger partial charge in [0.25, 0.3) is 0 Å². The maximum absolute atomic E-state index is 5.12. The summed E-state index contributed by atoms with van der Waals surface area (Å²) in [6, 6.07) is 6.49. The molecule has 1 fully saturated rings. The molecule has 2 heterocycles. The number of pyridine rings is 1. The Labute approximate surface area is 96.6 Å². The van der Waals surface area contributed by atoms with Crippen molar-refractivity contribution >= 4 is 0 Å². The van der Waals surface area contributed by atoms with E-state index in [1.807, 2.05) is 12.1 Å². The number of nitrogens with one attached hydrogen (secondary N) is 1. The van der Waals surface area contributed by atoms with E-state index < -0.39 is 0 Å². The van der Waals surface area contributed by atoms with Crippen molar-refractivity contribution in [1.82, 2.24) is 15.2 Å². The van der Waals surface area contributed by atoms with Crippen molar-refractivity contribution in [2.75, 3.05) is 26.7 Å². The second-order valence-electron chi connectivity index (χ2n) is 4.26. The fourth-order valence-electron chi connectivity index (χ4n) is 2.04. The molecule has 2 rings (SSSR count). The van der Waals surface area contributed by atoms with Crippen LogP contribution in [0, 0.1) is 0 Å². The van der Waals surface area contributed by atoms with E-state index >= 15 is 0 Å². The molecule has 0 spiro atoms. The number of hydrogen-bond donors (Lipinski definition) is 1. The largest absolute Gasteiger partial charge is 0.481 e. The van der Waals surface area contributed by atoms with Gasteiger partial charge >= 0.3 is 0 Å². The number of hydrogen-bond acceptors (Lipinski definition) is 4. The molecule has 88 valence electrons. The van der Waals surface area contributed by atoms with Gasteiger partial charge in [-0.3, -0.25) is 4.90 Å². The van der Waals surface area contributed by atoms with Crippen LogP contribution < -0.4 is 10.1 Å². The molecule has 1 aliphatic rings. The van der Waals surface area contributed by atoms with Gasteiger partial charge in [-0.2, -0.15) is 0 Å². The molecule has 0 aromatic carbocycles. The third-order valence-electron chi connectivity index (χ3n) is 2.83. The number of aromatic nitrogens is 1. The molecular weight excluding hydrogens is 202 g/mol. The van der Waals surface area contributed by atoms with Crippen LogP contribution in [0.2, 0.25) is 0 Å². The van der Waals surface area contributed by atoms with Crippen molar-refractivity contribution in [3.8, 4) is 5.88 Å². The highest BCUT2D eigenvalue weighted by atomic mass is 16.5. The van der Waals surface area contributed by atoms with Gasteiger partial charge in [-0.1, -0.05) is 6.07 Å². The second kappa shape index (κ2) is 5.27. The van der Waals surface area contributed by atoms with Crippen LogP contribution in [-0.4, -0.2) is 42.7 Å². The van der Waals surface area contributed by atoms with Crippen LogP contribution in [0.25, 0.3) is 0 Å². The Morgan fingerprint density at radius 2 is 2.44 bits per heavy atom. The molecule has 1 atom stereocenters. The highest BCUT2D eigenvalue weighted by Gasteiger charge is 2.15.